The van der Waals surface area contributed by atoms with Crippen LogP contribution in [0.1, 0.15) is 201 Å². The molecule has 0 saturated heterocycles. The molecule has 0 fully saturated rings. The Morgan fingerprint density at radius 3 is 0.537 bits per heavy atom. The summed E-state index contributed by atoms with van der Waals surface area (Å²) >= 11 is 0. The zero-order chi connectivity index (χ0) is 45.6. The highest BCUT2D eigenvalue weighted by Crippen LogP contribution is 2.62. The van der Waals surface area contributed by atoms with Gasteiger partial charge in [-0.25, -0.2) is 0 Å². The molecular formula is C54H102. The summed E-state index contributed by atoms with van der Waals surface area (Å²) in [6, 6.07) is 0. The van der Waals surface area contributed by atoms with E-state index >= 15 is 0 Å². The number of hydrogen-bond acceptors (Lipinski definition) is 0. The summed E-state index contributed by atoms with van der Waals surface area (Å²) < 4.78 is 0. The van der Waals surface area contributed by atoms with Crippen LogP contribution in [0.25, 0.3) is 0 Å². The van der Waals surface area contributed by atoms with Crippen LogP contribution in [-0.2, 0) is 0 Å². The van der Waals surface area contributed by atoms with Crippen molar-refractivity contribution in [1.29, 1.82) is 0 Å². The molecule has 0 atom stereocenters. The van der Waals surface area contributed by atoms with Crippen molar-refractivity contribution in [3.63, 3.8) is 0 Å². The molecule has 0 heteroatoms. The third-order valence-electron chi connectivity index (χ3n) is 18.3. The summed E-state index contributed by atoms with van der Waals surface area (Å²) in [6.45, 7) is 93.8. The van der Waals surface area contributed by atoms with E-state index in [0.29, 0.717) is 11.3 Å². The maximum atomic E-state index is 4.21. The third kappa shape index (κ3) is 12.1. The lowest BCUT2D eigenvalue weighted by molar-refractivity contribution is -0.0633. The number of allylic oxidation sites excluding steroid dienone is 7. The predicted molar refractivity (Wildman–Crippen MR) is 256 cm³/mol. The van der Waals surface area contributed by atoms with Gasteiger partial charge in [0.15, 0.2) is 0 Å². The lowest BCUT2D eigenvalue weighted by atomic mass is 9.45. The first-order valence-electron chi connectivity index (χ1n) is 20.7. The fourth-order valence-corrected chi connectivity index (χ4v) is 6.11. The SMILES string of the molecule is C=C(C)C(C)(C)C(=C)C.C=C(C)C(C)(C)C(C)(C)C(C)(C)C(=C)C.C=C(C)C(C)(C)C(C)(C)C(C)(C)C(C)(C)C(=C)C.C=C(C)C(C)(C)C(C)(C)C(C)C. The van der Waals surface area contributed by atoms with Crippen LogP contribution in [0, 0.1) is 60.1 Å². The predicted octanol–water partition coefficient (Wildman–Crippen LogP) is 18.9. The highest BCUT2D eigenvalue weighted by molar-refractivity contribution is 5.22. The van der Waals surface area contributed by atoms with Gasteiger partial charge in [0, 0.05) is 5.41 Å². The first kappa shape index (κ1) is 58.9. The van der Waals surface area contributed by atoms with Crippen molar-refractivity contribution in [3.05, 3.63) is 85.1 Å². The van der Waals surface area contributed by atoms with Crippen LogP contribution in [0.2, 0.25) is 0 Å². The van der Waals surface area contributed by atoms with E-state index in [0.717, 1.165) is 0 Å². The molecule has 0 radical (unpaired) electrons. The summed E-state index contributed by atoms with van der Waals surface area (Å²) in [7, 11) is 0. The number of hydrogen-bond donors (Lipinski definition) is 0. The Morgan fingerprint density at radius 2 is 0.444 bits per heavy atom. The van der Waals surface area contributed by atoms with Crippen LogP contribution in [0.4, 0.5) is 0 Å². The van der Waals surface area contributed by atoms with Crippen molar-refractivity contribution >= 4 is 0 Å². The van der Waals surface area contributed by atoms with Gasteiger partial charge in [0.2, 0.25) is 0 Å². The fourth-order valence-electron chi connectivity index (χ4n) is 6.11. The zero-order valence-electron chi connectivity index (χ0n) is 43.0. The Hall–Kier alpha value is -1.82. The summed E-state index contributed by atoms with van der Waals surface area (Å²) in [5.74, 6) is 0.684. The van der Waals surface area contributed by atoms with E-state index in [1.54, 1.807) is 0 Å². The van der Waals surface area contributed by atoms with Gasteiger partial charge in [-0.05, 0) is 103 Å². The highest BCUT2D eigenvalue weighted by Gasteiger charge is 2.55. The zero-order valence-corrected chi connectivity index (χ0v) is 43.0. The Kier molecular flexibility index (Phi) is 20.8. The second-order valence-corrected chi connectivity index (χ2v) is 23.0. The summed E-state index contributed by atoms with van der Waals surface area (Å²) in [5.41, 5.74) is 10.0. The van der Waals surface area contributed by atoms with E-state index in [4.69, 9.17) is 0 Å². The van der Waals surface area contributed by atoms with Gasteiger partial charge >= 0.3 is 0 Å². The topological polar surface area (TPSA) is 0 Å². The second kappa shape index (κ2) is 19.1. The monoisotopic (exact) mass is 751 g/mol. The molecule has 318 valence electrons. The van der Waals surface area contributed by atoms with Gasteiger partial charge in [0.05, 0.1) is 0 Å². The molecule has 0 rings (SSSR count). The van der Waals surface area contributed by atoms with Crippen molar-refractivity contribution in [2.75, 3.05) is 0 Å². The first-order valence-corrected chi connectivity index (χ1v) is 20.7. The molecular weight excluding hydrogens is 649 g/mol. The highest BCUT2D eigenvalue weighted by atomic mass is 14.6. The lowest BCUT2D eigenvalue weighted by Crippen LogP contribution is -2.52. The third-order valence-corrected chi connectivity index (χ3v) is 18.3. The average molecular weight is 751 g/mol. The quantitative estimate of drug-likeness (QED) is 0.155. The smallest absolute Gasteiger partial charge is 0.00531 e. The van der Waals surface area contributed by atoms with Crippen molar-refractivity contribution < 1.29 is 0 Å². The van der Waals surface area contributed by atoms with Gasteiger partial charge in [0.1, 0.15) is 0 Å². The Balaban J connectivity index is -0.000000318. The molecule has 0 aliphatic heterocycles. The fraction of sp³-hybridized carbons (Fsp3) is 0.741. The lowest BCUT2D eigenvalue weighted by Gasteiger charge is -2.59. The molecule has 0 heterocycles. The molecule has 0 spiro atoms. The molecule has 0 saturated carbocycles. The molecule has 0 N–H and O–H groups in total. The molecule has 0 aliphatic rings. The molecule has 0 amide bonds. The van der Waals surface area contributed by atoms with Crippen LogP contribution in [-0.4, -0.2) is 0 Å². The minimum Gasteiger partial charge on any atom is -0.0996 e. The molecule has 0 unspecified atom stereocenters. The summed E-state index contributed by atoms with van der Waals surface area (Å²) in [5, 5.41) is 0. The van der Waals surface area contributed by atoms with Gasteiger partial charge < -0.3 is 0 Å². The largest absolute Gasteiger partial charge is 0.0996 e. The van der Waals surface area contributed by atoms with Gasteiger partial charge in [-0.2, -0.15) is 0 Å². The maximum Gasteiger partial charge on any atom is 0.00531 e. The van der Waals surface area contributed by atoms with E-state index in [1.807, 2.05) is 13.8 Å². The second-order valence-electron chi connectivity index (χ2n) is 23.0. The van der Waals surface area contributed by atoms with Crippen molar-refractivity contribution in [3.8, 4) is 0 Å². The van der Waals surface area contributed by atoms with Crippen molar-refractivity contribution in [2.45, 2.75) is 201 Å². The van der Waals surface area contributed by atoms with E-state index < -0.39 is 0 Å². The minimum atomic E-state index is 0.0865. The molecule has 0 bridgehead atoms. The molecule has 0 aromatic carbocycles. The Morgan fingerprint density at radius 1 is 0.278 bits per heavy atom. The standard InChI is InChI=1S/C18H34.C15H28.C12H24.C9H16/c1-13(2)15(5,6)17(9,10)18(11,12)16(7,8)14(3)4;1-11(2)13(5,6)15(9,10)14(7,8)12(3)4;1-9(2)11(5,6)12(7,8)10(3)4;1-7(2)9(5,6)8(3)4/h1,3H2,2,4-12H3;1,3H2,2,4-10H3;10H,1H2,2-8H3;1,3H2,2,4-6H3. The maximum absolute atomic E-state index is 4.21. The molecule has 0 nitrogen and oxygen atoms in total. The van der Waals surface area contributed by atoms with Crippen molar-refractivity contribution in [1.82, 2.24) is 0 Å². The van der Waals surface area contributed by atoms with Crippen LogP contribution >= 0.6 is 0 Å². The average Bonchev–Trinajstić information content (AvgIpc) is 2.96. The van der Waals surface area contributed by atoms with Gasteiger partial charge in [-0.1, -0.05) is 237 Å². The van der Waals surface area contributed by atoms with E-state index in [1.165, 1.54) is 39.0 Å². The van der Waals surface area contributed by atoms with Gasteiger partial charge in [-0.3, -0.25) is 0 Å². The minimum absolute atomic E-state index is 0.0865. The van der Waals surface area contributed by atoms with Crippen LogP contribution in [0.5, 0.6) is 0 Å². The van der Waals surface area contributed by atoms with Crippen LogP contribution in [0.15, 0.2) is 85.1 Å². The number of rotatable bonds is 14. The molecule has 54 heavy (non-hydrogen) atoms. The van der Waals surface area contributed by atoms with Crippen molar-refractivity contribution in [2.24, 2.45) is 60.1 Å². The van der Waals surface area contributed by atoms with E-state index in [2.05, 4.69) is 233 Å². The van der Waals surface area contributed by atoms with Crippen LogP contribution < -0.4 is 0 Å². The molecule has 0 aromatic rings. The molecule has 0 aliphatic carbocycles. The van der Waals surface area contributed by atoms with Gasteiger partial charge in [0.25, 0.3) is 0 Å². The normalized spacial score (nSPS) is 13.6. The van der Waals surface area contributed by atoms with E-state index in [9.17, 15) is 0 Å². The Bertz CT molecular complexity index is 1260. The van der Waals surface area contributed by atoms with Gasteiger partial charge in [-0.15, -0.1) is 0 Å². The summed E-state index contributed by atoms with van der Waals surface area (Å²) in [6.07, 6.45) is 0. The summed E-state index contributed by atoms with van der Waals surface area (Å²) in [4.78, 5) is 0. The van der Waals surface area contributed by atoms with E-state index in [-0.39, 0.29) is 48.7 Å². The Labute approximate surface area is 344 Å². The first-order chi connectivity index (χ1) is 23.0. The molecule has 0 aromatic heterocycles. The van der Waals surface area contributed by atoms with Crippen LogP contribution in [0.3, 0.4) is 0 Å².